The van der Waals surface area contributed by atoms with E-state index in [0.29, 0.717) is 0 Å². The summed E-state index contributed by atoms with van der Waals surface area (Å²) in [6.07, 6.45) is 33.5. The van der Waals surface area contributed by atoms with Gasteiger partial charge in [-0.2, -0.15) is 0 Å². The van der Waals surface area contributed by atoms with Crippen LogP contribution in [0.1, 0.15) is 156 Å². The Balaban J connectivity index is 3.09. The van der Waals surface area contributed by atoms with Crippen molar-refractivity contribution < 1.29 is 0 Å². The number of allylic oxidation sites excluding steroid dienone is 2. The Bertz CT molecular complexity index is 269. The monoisotopic (exact) mass is 392 g/mol. The summed E-state index contributed by atoms with van der Waals surface area (Å²) >= 11 is 0. The van der Waals surface area contributed by atoms with Crippen molar-refractivity contribution in [3.8, 4) is 0 Å². The second kappa shape index (κ2) is 23.0. The molecule has 0 amide bonds. The van der Waals surface area contributed by atoms with E-state index in [-0.39, 0.29) is 0 Å². The third-order valence-corrected chi connectivity index (χ3v) is 5.97. The summed E-state index contributed by atoms with van der Waals surface area (Å²) in [5.41, 5.74) is 0. The number of unbranched alkanes of at least 4 members (excludes halogenated alkanes) is 16. The molecule has 0 aromatic heterocycles. The van der Waals surface area contributed by atoms with Crippen molar-refractivity contribution in [1.29, 1.82) is 0 Å². The summed E-state index contributed by atoms with van der Waals surface area (Å²) in [5, 5.41) is 0. The topological polar surface area (TPSA) is 0 Å². The van der Waals surface area contributed by atoms with Crippen LogP contribution in [-0.2, 0) is 0 Å². The summed E-state index contributed by atoms with van der Waals surface area (Å²) in [7, 11) is 0. The summed E-state index contributed by atoms with van der Waals surface area (Å²) < 4.78 is 0. The Morgan fingerprint density at radius 2 is 0.607 bits per heavy atom. The maximum absolute atomic E-state index is 2.45. The molecule has 0 aromatic carbocycles. The lowest BCUT2D eigenvalue weighted by molar-refractivity contribution is 0.507. The standard InChI is InChI=1S/C28H56/c1-27(2)25-23-21-19-17-15-13-11-9-7-5-6-8-10-12-14-16-18-20-22-24-26-28(3)4/h5-6,27-28H,7-26H2,1-4H3. The van der Waals surface area contributed by atoms with Crippen molar-refractivity contribution in [3.63, 3.8) is 0 Å². The van der Waals surface area contributed by atoms with Gasteiger partial charge in [-0.1, -0.05) is 143 Å². The van der Waals surface area contributed by atoms with Crippen LogP contribution in [0.3, 0.4) is 0 Å². The zero-order chi connectivity index (χ0) is 20.7. The van der Waals surface area contributed by atoms with Crippen molar-refractivity contribution in [2.24, 2.45) is 11.8 Å². The average Bonchev–Trinajstić information content (AvgIpc) is 2.65. The molecule has 0 N–H and O–H groups in total. The van der Waals surface area contributed by atoms with E-state index in [9.17, 15) is 0 Å². The third-order valence-electron chi connectivity index (χ3n) is 5.97. The van der Waals surface area contributed by atoms with E-state index in [4.69, 9.17) is 0 Å². The quantitative estimate of drug-likeness (QED) is 0.127. The van der Waals surface area contributed by atoms with Gasteiger partial charge in [0.1, 0.15) is 0 Å². The number of hydrogen-bond donors (Lipinski definition) is 0. The Morgan fingerprint density at radius 3 is 0.893 bits per heavy atom. The second-order valence-corrected chi connectivity index (χ2v) is 10.1. The molecule has 0 bridgehead atoms. The van der Waals surface area contributed by atoms with Crippen LogP contribution in [0.15, 0.2) is 12.2 Å². The minimum atomic E-state index is 0.891. The smallest absolute Gasteiger partial charge is 0.0351 e. The van der Waals surface area contributed by atoms with Gasteiger partial charge in [0.05, 0.1) is 0 Å². The Morgan fingerprint density at radius 1 is 0.357 bits per heavy atom. The van der Waals surface area contributed by atoms with Crippen LogP contribution in [0.4, 0.5) is 0 Å². The highest BCUT2D eigenvalue weighted by atomic mass is 14.0. The van der Waals surface area contributed by atoms with Gasteiger partial charge in [-0.25, -0.2) is 0 Å². The van der Waals surface area contributed by atoms with E-state index in [2.05, 4.69) is 39.8 Å². The first-order chi connectivity index (χ1) is 13.6. The molecule has 28 heavy (non-hydrogen) atoms. The number of rotatable bonds is 22. The van der Waals surface area contributed by atoms with Crippen LogP contribution >= 0.6 is 0 Å². The van der Waals surface area contributed by atoms with E-state index in [0.717, 1.165) is 11.8 Å². The highest BCUT2D eigenvalue weighted by Crippen LogP contribution is 2.14. The minimum Gasteiger partial charge on any atom is -0.0885 e. The van der Waals surface area contributed by atoms with Crippen LogP contribution in [-0.4, -0.2) is 0 Å². The molecule has 0 saturated carbocycles. The predicted octanol–water partition coefficient (Wildman–Crippen LogP) is 10.7. The number of hydrogen-bond acceptors (Lipinski definition) is 0. The van der Waals surface area contributed by atoms with E-state index < -0.39 is 0 Å². The van der Waals surface area contributed by atoms with Gasteiger partial charge in [0.2, 0.25) is 0 Å². The van der Waals surface area contributed by atoms with Gasteiger partial charge in [0.25, 0.3) is 0 Å². The lowest BCUT2D eigenvalue weighted by atomic mass is 10.0. The molecule has 0 aromatic rings. The molecule has 0 unspecified atom stereocenters. The first-order valence-electron chi connectivity index (χ1n) is 13.3. The fourth-order valence-corrected chi connectivity index (χ4v) is 3.99. The lowest BCUT2D eigenvalue weighted by Crippen LogP contribution is -1.87. The molecule has 0 aliphatic carbocycles. The molecule has 0 radical (unpaired) electrons. The summed E-state index contributed by atoms with van der Waals surface area (Å²) in [5.74, 6) is 1.78. The average molecular weight is 393 g/mol. The van der Waals surface area contributed by atoms with Gasteiger partial charge in [-0.15, -0.1) is 0 Å². The maximum atomic E-state index is 2.45. The highest BCUT2D eigenvalue weighted by molar-refractivity contribution is 4.81. The summed E-state index contributed by atoms with van der Waals surface area (Å²) in [6, 6.07) is 0. The van der Waals surface area contributed by atoms with Crippen molar-refractivity contribution >= 4 is 0 Å². The predicted molar refractivity (Wildman–Crippen MR) is 131 cm³/mol. The van der Waals surface area contributed by atoms with E-state index in [1.54, 1.807) is 0 Å². The van der Waals surface area contributed by atoms with Gasteiger partial charge in [-0.3, -0.25) is 0 Å². The molecular formula is C28H56. The molecule has 0 heteroatoms. The lowest BCUT2D eigenvalue weighted by Gasteiger charge is -2.04. The molecule has 0 fully saturated rings. The van der Waals surface area contributed by atoms with Gasteiger partial charge in [-0.05, 0) is 37.5 Å². The van der Waals surface area contributed by atoms with E-state index in [1.165, 1.54) is 128 Å². The molecule has 168 valence electrons. The van der Waals surface area contributed by atoms with Crippen LogP contribution in [0.25, 0.3) is 0 Å². The zero-order valence-corrected chi connectivity index (χ0v) is 20.5. The zero-order valence-electron chi connectivity index (χ0n) is 20.5. The SMILES string of the molecule is CC(C)CCCCCCCCCCC=CCCCCCCCCCCC(C)C. The highest BCUT2D eigenvalue weighted by Gasteiger charge is 1.96. The molecule has 0 nitrogen and oxygen atoms in total. The Hall–Kier alpha value is -0.260. The molecule has 0 atom stereocenters. The summed E-state index contributed by atoms with van der Waals surface area (Å²) in [4.78, 5) is 0. The molecule has 0 spiro atoms. The molecular weight excluding hydrogens is 336 g/mol. The van der Waals surface area contributed by atoms with E-state index >= 15 is 0 Å². The first kappa shape index (κ1) is 27.7. The molecule has 0 heterocycles. The van der Waals surface area contributed by atoms with Crippen LogP contribution in [0, 0.1) is 11.8 Å². The van der Waals surface area contributed by atoms with Gasteiger partial charge in [0.15, 0.2) is 0 Å². The fourth-order valence-electron chi connectivity index (χ4n) is 3.99. The first-order valence-corrected chi connectivity index (χ1v) is 13.3. The molecule has 0 aliphatic heterocycles. The minimum absolute atomic E-state index is 0.891. The van der Waals surface area contributed by atoms with Gasteiger partial charge < -0.3 is 0 Å². The maximum Gasteiger partial charge on any atom is -0.0351 e. The van der Waals surface area contributed by atoms with Crippen molar-refractivity contribution in [2.75, 3.05) is 0 Å². The van der Waals surface area contributed by atoms with Crippen LogP contribution in [0.5, 0.6) is 0 Å². The molecule has 0 aliphatic rings. The van der Waals surface area contributed by atoms with Crippen LogP contribution in [0.2, 0.25) is 0 Å². The molecule has 0 rings (SSSR count). The van der Waals surface area contributed by atoms with Crippen molar-refractivity contribution in [1.82, 2.24) is 0 Å². The second-order valence-electron chi connectivity index (χ2n) is 10.1. The molecule has 0 saturated heterocycles. The van der Waals surface area contributed by atoms with Gasteiger partial charge in [0, 0.05) is 0 Å². The fraction of sp³-hybridized carbons (Fsp3) is 0.929. The summed E-state index contributed by atoms with van der Waals surface area (Å²) in [6.45, 7) is 9.36. The Labute approximate surface area is 180 Å². The van der Waals surface area contributed by atoms with Crippen molar-refractivity contribution in [3.05, 3.63) is 12.2 Å². The van der Waals surface area contributed by atoms with Crippen LogP contribution < -0.4 is 0 Å². The van der Waals surface area contributed by atoms with Gasteiger partial charge >= 0.3 is 0 Å². The largest absolute Gasteiger partial charge is 0.0885 e. The third kappa shape index (κ3) is 25.7. The normalized spacial score (nSPS) is 12.1. The Kier molecular flexibility index (Phi) is 22.8. The van der Waals surface area contributed by atoms with Crippen molar-refractivity contribution in [2.45, 2.75) is 156 Å². The van der Waals surface area contributed by atoms with E-state index in [1.807, 2.05) is 0 Å².